The average Bonchev–Trinajstić information content (AvgIpc) is 2.43. The van der Waals surface area contributed by atoms with Crippen LogP contribution in [0.15, 0.2) is 24.5 Å². The van der Waals surface area contributed by atoms with Gasteiger partial charge in [-0.2, -0.15) is 0 Å². The number of methoxy groups -OCH3 is 2. The lowest BCUT2D eigenvalue weighted by atomic mass is 9.86. The second-order valence-corrected chi connectivity index (χ2v) is 4.41. The molecular formula is C15H18O3. The Balaban J connectivity index is 2.48. The minimum atomic E-state index is -0.351. The van der Waals surface area contributed by atoms with Gasteiger partial charge in [-0.3, -0.25) is 0 Å². The van der Waals surface area contributed by atoms with Gasteiger partial charge in [-0.15, -0.1) is 0 Å². The number of hydrogen-bond donors (Lipinski definition) is 0. The summed E-state index contributed by atoms with van der Waals surface area (Å²) < 4.78 is 9.83. The first-order valence-corrected chi connectivity index (χ1v) is 6.20. The maximum atomic E-state index is 11.8. The molecule has 0 aliphatic heterocycles. The van der Waals surface area contributed by atoms with E-state index < -0.39 is 0 Å². The van der Waals surface area contributed by atoms with Crippen molar-refractivity contribution in [2.45, 2.75) is 25.7 Å². The number of esters is 1. The first kappa shape index (κ1) is 12.7. The molecule has 0 saturated heterocycles. The van der Waals surface area contributed by atoms with Gasteiger partial charge >= 0.3 is 5.97 Å². The van der Waals surface area contributed by atoms with Crippen LogP contribution in [-0.4, -0.2) is 20.2 Å². The zero-order chi connectivity index (χ0) is 13.0. The van der Waals surface area contributed by atoms with Crippen LogP contribution in [0.3, 0.4) is 0 Å². The molecule has 0 unspecified atom stereocenters. The predicted octanol–water partition coefficient (Wildman–Crippen LogP) is 2.73. The summed E-state index contributed by atoms with van der Waals surface area (Å²) in [6.45, 7) is 0. The van der Waals surface area contributed by atoms with E-state index in [1.54, 1.807) is 7.11 Å². The number of benzene rings is 1. The largest absolute Gasteiger partial charge is 0.503 e. The maximum absolute atomic E-state index is 11.8. The Morgan fingerprint density at radius 3 is 2.72 bits per heavy atom. The van der Waals surface area contributed by atoms with Crippen LogP contribution in [0.5, 0.6) is 0 Å². The second kappa shape index (κ2) is 5.71. The van der Waals surface area contributed by atoms with Crippen molar-refractivity contribution in [3.63, 3.8) is 0 Å². The molecule has 0 bridgehead atoms. The molecule has 0 aromatic heterocycles. The summed E-state index contributed by atoms with van der Waals surface area (Å²) in [4.78, 5) is 11.8. The lowest BCUT2D eigenvalue weighted by Crippen LogP contribution is -2.11. The van der Waals surface area contributed by atoms with Crippen molar-refractivity contribution in [2.75, 3.05) is 14.2 Å². The molecule has 0 N–H and O–H groups in total. The number of fused-ring (bicyclic) bond motifs is 1. The molecule has 0 atom stereocenters. The Morgan fingerprint density at radius 1 is 1.22 bits per heavy atom. The number of carbonyl (C=O) groups is 1. The molecule has 2 rings (SSSR count). The Kier molecular flexibility index (Phi) is 4.03. The molecule has 3 heteroatoms. The van der Waals surface area contributed by atoms with Gasteiger partial charge in [0.1, 0.15) is 5.57 Å². The van der Waals surface area contributed by atoms with Crippen LogP contribution in [0.1, 0.15) is 29.5 Å². The third-order valence-electron chi connectivity index (χ3n) is 3.33. The van der Waals surface area contributed by atoms with Crippen LogP contribution in [0, 0.1) is 0 Å². The second-order valence-electron chi connectivity index (χ2n) is 4.41. The summed E-state index contributed by atoms with van der Waals surface area (Å²) >= 11 is 0. The smallest absolute Gasteiger partial charge is 0.341 e. The molecule has 18 heavy (non-hydrogen) atoms. The van der Waals surface area contributed by atoms with Crippen LogP contribution in [0.2, 0.25) is 0 Å². The van der Waals surface area contributed by atoms with Crippen molar-refractivity contribution in [3.8, 4) is 0 Å². The summed E-state index contributed by atoms with van der Waals surface area (Å²) in [5, 5.41) is 0. The van der Waals surface area contributed by atoms with E-state index in [1.165, 1.54) is 37.3 Å². The molecule has 96 valence electrons. The summed E-state index contributed by atoms with van der Waals surface area (Å²) in [5.41, 5.74) is 4.04. The van der Waals surface area contributed by atoms with Crippen LogP contribution < -0.4 is 0 Å². The van der Waals surface area contributed by atoms with Crippen molar-refractivity contribution >= 4 is 11.5 Å². The number of hydrogen-bond acceptors (Lipinski definition) is 3. The van der Waals surface area contributed by atoms with Gasteiger partial charge in [-0.05, 0) is 42.4 Å². The van der Waals surface area contributed by atoms with Gasteiger partial charge in [-0.25, -0.2) is 4.79 Å². The van der Waals surface area contributed by atoms with Crippen LogP contribution in [-0.2, 0) is 27.1 Å². The summed E-state index contributed by atoms with van der Waals surface area (Å²) in [6.07, 6.45) is 5.97. The lowest BCUT2D eigenvalue weighted by molar-refractivity contribution is -0.133. The number of aryl methyl sites for hydroxylation is 1. The Hall–Kier alpha value is -1.77. The first-order valence-electron chi connectivity index (χ1n) is 6.20. The molecule has 3 nitrogen and oxygen atoms in total. The molecule has 0 saturated carbocycles. The number of ether oxygens (including phenoxy) is 2. The van der Waals surface area contributed by atoms with Crippen molar-refractivity contribution in [3.05, 3.63) is 41.2 Å². The van der Waals surface area contributed by atoms with Crippen molar-refractivity contribution < 1.29 is 14.3 Å². The van der Waals surface area contributed by atoms with Gasteiger partial charge in [-0.1, -0.05) is 18.2 Å². The van der Waals surface area contributed by atoms with E-state index in [0.29, 0.717) is 5.57 Å². The standard InChI is InChI=1S/C15H18O3/c1-17-10-14(15(16)18-2)13-9-5-7-11-6-3-4-8-12(11)13/h5,7,9-10H,3-4,6,8H2,1-2H3/b14-10+. The fourth-order valence-corrected chi connectivity index (χ4v) is 2.48. The van der Waals surface area contributed by atoms with E-state index in [9.17, 15) is 4.79 Å². The zero-order valence-corrected chi connectivity index (χ0v) is 10.9. The Morgan fingerprint density at radius 2 is 2.00 bits per heavy atom. The lowest BCUT2D eigenvalue weighted by Gasteiger charge is -2.19. The van der Waals surface area contributed by atoms with Gasteiger partial charge in [0.25, 0.3) is 0 Å². The normalized spacial score (nSPS) is 14.9. The van der Waals surface area contributed by atoms with Gasteiger partial charge in [0, 0.05) is 0 Å². The topological polar surface area (TPSA) is 35.5 Å². The highest BCUT2D eigenvalue weighted by Gasteiger charge is 2.20. The SMILES string of the molecule is CO/C=C(/C(=O)OC)c1cccc2c1CCCC2. The third kappa shape index (κ3) is 2.40. The maximum Gasteiger partial charge on any atom is 0.341 e. The van der Waals surface area contributed by atoms with E-state index in [1.807, 2.05) is 12.1 Å². The molecule has 1 aromatic carbocycles. The zero-order valence-electron chi connectivity index (χ0n) is 10.9. The molecule has 0 spiro atoms. The summed E-state index contributed by atoms with van der Waals surface area (Å²) in [6, 6.07) is 6.09. The van der Waals surface area contributed by atoms with Gasteiger partial charge < -0.3 is 9.47 Å². The monoisotopic (exact) mass is 246 g/mol. The average molecular weight is 246 g/mol. The van der Waals surface area contributed by atoms with Crippen LogP contribution in [0.25, 0.3) is 5.57 Å². The minimum Gasteiger partial charge on any atom is -0.503 e. The van der Waals surface area contributed by atoms with Crippen molar-refractivity contribution in [2.24, 2.45) is 0 Å². The Labute approximate surface area is 107 Å². The van der Waals surface area contributed by atoms with Crippen LogP contribution in [0.4, 0.5) is 0 Å². The van der Waals surface area contributed by atoms with E-state index in [0.717, 1.165) is 18.4 Å². The van der Waals surface area contributed by atoms with E-state index in [4.69, 9.17) is 9.47 Å². The summed E-state index contributed by atoms with van der Waals surface area (Å²) in [7, 11) is 2.93. The fraction of sp³-hybridized carbons (Fsp3) is 0.400. The third-order valence-corrected chi connectivity index (χ3v) is 3.33. The predicted molar refractivity (Wildman–Crippen MR) is 70.1 cm³/mol. The highest BCUT2D eigenvalue weighted by atomic mass is 16.5. The van der Waals surface area contributed by atoms with E-state index in [-0.39, 0.29) is 5.97 Å². The van der Waals surface area contributed by atoms with Crippen molar-refractivity contribution in [1.29, 1.82) is 0 Å². The quantitative estimate of drug-likeness (QED) is 0.467. The highest BCUT2D eigenvalue weighted by molar-refractivity contribution is 6.16. The molecule has 1 aliphatic carbocycles. The molecule has 0 fully saturated rings. The molecule has 1 aliphatic rings. The summed E-state index contributed by atoms with van der Waals surface area (Å²) in [5.74, 6) is -0.351. The van der Waals surface area contributed by atoms with E-state index >= 15 is 0 Å². The van der Waals surface area contributed by atoms with Crippen molar-refractivity contribution in [1.82, 2.24) is 0 Å². The molecule has 0 heterocycles. The van der Waals surface area contributed by atoms with Gasteiger partial charge in [0.15, 0.2) is 0 Å². The fourth-order valence-electron chi connectivity index (χ4n) is 2.48. The minimum absolute atomic E-state index is 0.351. The molecule has 1 aromatic rings. The van der Waals surface area contributed by atoms with Gasteiger partial charge in [0.2, 0.25) is 0 Å². The molecule has 0 amide bonds. The Bertz CT molecular complexity index is 475. The molecule has 0 radical (unpaired) electrons. The number of rotatable bonds is 3. The molecular weight excluding hydrogens is 228 g/mol. The van der Waals surface area contributed by atoms with Crippen LogP contribution >= 0.6 is 0 Å². The van der Waals surface area contributed by atoms with E-state index in [2.05, 4.69) is 6.07 Å². The first-order chi connectivity index (χ1) is 8.77. The number of carbonyl (C=O) groups excluding carboxylic acids is 1. The van der Waals surface area contributed by atoms with Gasteiger partial charge in [0.05, 0.1) is 20.5 Å². The highest BCUT2D eigenvalue weighted by Crippen LogP contribution is 2.29.